The molecule has 1 aromatic rings. The third-order valence-electron chi connectivity index (χ3n) is 2.53. The van der Waals surface area contributed by atoms with Gasteiger partial charge in [0.2, 0.25) is 0 Å². The number of hydrazine groups is 1. The Hall–Kier alpha value is -1.59. The lowest BCUT2D eigenvalue weighted by atomic mass is 10.2. The van der Waals surface area contributed by atoms with Gasteiger partial charge in [-0.15, -0.1) is 0 Å². The van der Waals surface area contributed by atoms with E-state index < -0.39 is 0 Å². The van der Waals surface area contributed by atoms with Crippen LogP contribution >= 0.6 is 0 Å². The number of ether oxygens (including phenoxy) is 1. The normalized spacial score (nSPS) is 10.4. The second-order valence-corrected chi connectivity index (χ2v) is 3.74. The number of rotatable bonds is 6. The molecule has 17 heavy (non-hydrogen) atoms. The van der Waals surface area contributed by atoms with Crippen molar-refractivity contribution in [2.24, 2.45) is 5.84 Å². The molecule has 5 heteroatoms. The number of carbonyl (C=O) groups is 1. The molecule has 0 unspecified atom stereocenters. The number of hydrogen-bond acceptors (Lipinski definition) is 4. The maximum atomic E-state index is 11.2. The van der Waals surface area contributed by atoms with Crippen molar-refractivity contribution >= 4 is 5.91 Å². The van der Waals surface area contributed by atoms with E-state index in [0.29, 0.717) is 12.2 Å². The van der Waals surface area contributed by atoms with Crippen molar-refractivity contribution in [1.29, 1.82) is 0 Å². The number of nitrogens with one attached hydrogen (secondary N) is 1. The number of amides is 1. The van der Waals surface area contributed by atoms with Crippen LogP contribution < -0.4 is 16.0 Å². The maximum absolute atomic E-state index is 11.2. The van der Waals surface area contributed by atoms with Crippen molar-refractivity contribution in [3.63, 3.8) is 0 Å². The topological polar surface area (TPSA) is 67.6 Å². The highest BCUT2D eigenvalue weighted by molar-refractivity contribution is 5.93. The Kier molecular flexibility index (Phi) is 5.45. The van der Waals surface area contributed by atoms with Crippen LogP contribution in [0.2, 0.25) is 0 Å². The van der Waals surface area contributed by atoms with Gasteiger partial charge in [-0.3, -0.25) is 10.2 Å². The first-order chi connectivity index (χ1) is 8.17. The molecule has 0 bridgehead atoms. The molecule has 0 radical (unpaired) electrons. The molecule has 3 N–H and O–H groups in total. The molecule has 0 atom stereocenters. The molecule has 1 amide bonds. The summed E-state index contributed by atoms with van der Waals surface area (Å²) in [4.78, 5) is 13.3. The molecule has 0 saturated carbocycles. The summed E-state index contributed by atoms with van der Waals surface area (Å²) in [7, 11) is 2.04. The molecule has 1 rings (SSSR count). The predicted octanol–water partition coefficient (Wildman–Crippen LogP) is 0.621. The second kappa shape index (κ2) is 6.88. The van der Waals surface area contributed by atoms with E-state index >= 15 is 0 Å². The van der Waals surface area contributed by atoms with Gasteiger partial charge in [-0.1, -0.05) is 6.92 Å². The van der Waals surface area contributed by atoms with E-state index in [1.807, 2.05) is 7.05 Å². The Labute approximate surface area is 102 Å². The zero-order valence-electron chi connectivity index (χ0n) is 10.3. The minimum absolute atomic E-state index is 0.303. The molecule has 5 nitrogen and oxygen atoms in total. The van der Waals surface area contributed by atoms with E-state index in [9.17, 15) is 4.79 Å². The molecular weight excluding hydrogens is 218 g/mol. The van der Waals surface area contributed by atoms with Gasteiger partial charge < -0.3 is 9.64 Å². The van der Waals surface area contributed by atoms with Gasteiger partial charge in [0.25, 0.3) is 5.91 Å². The van der Waals surface area contributed by atoms with Gasteiger partial charge in [0.05, 0.1) is 0 Å². The first-order valence-electron chi connectivity index (χ1n) is 5.59. The summed E-state index contributed by atoms with van der Waals surface area (Å²) in [5, 5.41) is 0. The van der Waals surface area contributed by atoms with E-state index in [-0.39, 0.29) is 5.91 Å². The molecule has 94 valence electrons. The van der Waals surface area contributed by atoms with Crippen molar-refractivity contribution in [3.8, 4) is 5.75 Å². The summed E-state index contributed by atoms with van der Waals surface area (Å²) in [5.74, 6) is 5.48. The summed E-state index contributed by atoms with van der Waals surface area (Å²) in [6.07, 6.45) is 0. The Balaban J connectivity index is 2.43. The van der Waals surface area contributed by atoms with Gasteiger partial charge in [0, 0.05) is 12.1 Å². The van der Waals surface area contributed by atoms with Crippen LogP contribution in [0, 0.1) is 0 Å². The van der Waals surface area contributed by atoms with Crippen molar-refractivity contribution in [1.82, 2.24) is 10.3 Å². The Bertz CT molecular complexity index is 351. The van der Waals surface area contributed by atoms with E-state index in [1.165, 1.54) is 0 Å². The van der Waals surface area contributed by atoms with Crippen LogP contribution in [0.15, 0.2) is 24.3 Å². The van der Waals surface area contributed by atoms with Gasteiger partial charge in [-0.2, -0.15) is 0 Å². The molecule has 0 fully saturated rings. The quantitative estimate of drug-likeness (QED) is 0.432. The van der Waals surface area contributed by atoms with E-state index in [0.717, 1.165) is 18.8 Å². The average molecular weight is 237 g/mol. The van der Waals surface area contributed by atoms with Gasteiger partial charge in [-0.05, 0) is 37.9 Å². The van der Waals surface area contributed by atoms with Gasteiger partial charge in [0.1, 0.15) is 12.4 Å². The first kappa shape index (κ1) is 13.5. The number of benzene rings is 1. The van der Waals surface area contributed by atoms with Gasteiger partial charge in [0.15, 0.2) is 0 Å². The van der Waals surface area contributed by atoms with Crippen LogP contribution in [0.25, 0.3) is 0 Å². The molecule has 1 aromatic carbocycles. The number of nitrogens with two attached hydrogens (primary N) is 1. The van der Waals surface area contributed by atoms with Crippen LogP contribution in [0.4, 0.5) is 0 Å². The molecule has 0 aromatic heterocycles. The van der Waals surface area contributed by atoms with Crippen LogP contribution in [0.1, 0.15) is 17.3 Å². The van der Waals surface area contributed by atoms with E-state index in [2.05, 4.69) is 17.2 Å². The highest BCUT2D eigenvalue weighted by Gasteiger charge is 2.03. The zero-order chi connectivity index (χ0) is 12.7. The number of hydrogen-bond donors (Lipinski definition) is 2. The monoisotopic (exact) mass is 237 g/mol. The van der Waals surface area contributed by atoms with Gasteiger partial charge in [-0.25, -0.2) is 5.84 Å². The number of nitrogen functional groups attached to an aromatic ring is 1. The minimum Gasteiger partial charge on any atom is -0.492 e. The van der Waals surface area contributed by atoms with Crippen molar-refractivity contribution in [2.75, 3.05) is 26.7 Å². The first-order valence-corrected chi connectivity index (χ1v) is 5.59. The summed E-state index contributed by atoms with van der Waals surface area (Å²) in [5.41, 5.74) is 2.60. The largest absolute Gasteiger partial charge is 0.492 e. The van der Waals surface area contributed by atoms with Gasteiger partial charge >= 0.3 is 0 Å². The third-order valence-corrected chi connectivity index (χ3v) is 2.53. The van der Waals surface area contributed by atoms with Crippen molar-refractivity contribution in [3.05, 3.63) is 29.8 Å². The zero-order valence-corrected chi connectivity index (χ0v) is 10.3. The molecule has 0 saturated heterocycles. The lowest BCUT2D eigenvalue weighted by molar-refractivity contribution is 0.0953. The Morgan fingerprint density at radius 2 is 2.06 bits per heavy atom. The molecular formula is C12H19N3O2. The highest BCUT2D eigenvalue weighted by atomic mass is 16.5. The summed E-state index contributed by atoms with van der Waals surface area (Å²) in [6.45, 7) is 4.60. The summed E-state index contributed by atoms with van der Waals surface area (Å²) >= 11 is 0. The molecule has 0 heterocycles. The Morgan fingerprint density at radius 3 is 2.59 bits per heavy atom. The van der Waals surface area contributed by atoms with Crippen LogP contribution in [0.3, 0.4) is 0 Å². The summed E-state index contributed by atoms with van der Waals surface area (Å²) in [6, 6.07) is 6.88. The van der Waals surface area contributed by atoms with Crippen LogP contribution in [-0.2, 0) is 0 Å². The molecule has 0 aliphatic carbocycles. The average Bonchev–Trinajstić information content (AvgIpc) is 2.38. The number of likely N-dealkylation sites (N-methyl/N-ethyl adjacent to an activating group) is 1. The SMILES string of the molecule is CCN(C)CCOc1ccc(C(=O)NN)cc1. The fraction of sp³-hybridized carbons (Fsp3) is 0.417. The van der Waals surface area contributed by atoms with Crippen molar-refractivity contribution < 1.29 is 9.53 Å². The van der Waals surface area contributed by atoms with Crippen molar-refractivity contribution in [2.45, 2.75) is 6.92 Å². The predicted molar refractivity (Wildman–Crippen MR) is 66.8 cm³/mol. The van der Waals surface area contributed by atoms with Crippen LogP contribution in [0.5, 0.6) is 5.75 Å². The second-order valence-electron chi connectivity index (χ2n) is 3.74. The molecule has 0 spiro atoms. The third kappa shape index (κ3) is 4.42. The number of nitrogens with zero attached hydrogens (tertiary/aromatic N) is 1. The molecule has 0 aliphatic rings. The highest BCUT2D eigenvalue weighted by Crippen LogP contribution is 2.11. The smallest absolute Gasteiger partial charge is 0.265 e. The maximum Gasteiger partial charge on any atom is 0.265 e. The fourth-order valence-corrected chi connectivity index (χ4v) is 1.26. The number of carbonyl (C=O) groups excluding carboxylic acids is 1. The fourth-order valence-electron chi connectivity index (χ4n) is 1.26. The lowest BCUT2D eigenvalue weighted by Crippen LogP contribution is -2.29. The lowest BCUT2D eigenvalue weighted by Gasteiger charge is -2.14. The van der Waals surface area contributed by atoms with E-state index in [4.69, 9.17) is 10.6 Å². The Morgan fingerprint density at radius 1 is 1.41 bits per heavy atom. The molecule has 0 aliphatic heterocycles. The standard InChI is InChI=1S/C12H19N3O2/c1-3-15(2)8-9-17-11-6-4-10(5-7-11)12(16)14-13/h4-7H,3,8-9,13H2,1-2H3,(H,14,16). The minimum atomic E-state index is -0.303. The summed E-state index contributed by atoms with van der Waals surface area (Å²) < 4.78 is 5.54. The van der Waals surface area contributed by atoms with Crippen LogP contribution in [-0.4, -0.2) is 37.6 Å². The van der Waals surface area contributed by atoms with E-state index in [1.54, 1.807) is 24.3 Å².